The average molecular weight is 294 g/mol. The predicted molar refractivity (Wildman–Crippen MR) is 82.9 cm³/mol. The summed E-state index contributed by atoms with van der Waals surface area (Å²) in [4.78, 5) is 2.37. The maximum atomic E-state index is 6.00. The summed E-state index contributed by atoms with van der Waals surface area (Å²) in [5, 5.41) is 0. The van der Waals surface area contributed by atoms with Gasteiger partial charge in [-0.3, -0.25) is 4.90 Å². The standard InChI is InChI=1S/C16H26N2O3/c1-4-18-7-8-20-14(10-18)11-21-16-9-13(19-3)5-6-15(16)12(2)17/h5-6,9,12,14H,4,7-8,10-11,17H2,1-3H3. The molecule has 1 aliphatic heterocycles. The number of methoxy groups -OCH3 is 1. The van der Waals surface area contributed by atoms with E-state index < -0.39 is 0 Å². The number of benzene rings is 1. The highest BCUT2D eigenvalue weighted by molar-refractivity contribution is 5.42. The molecule has 2 N–H and O–H groups in total. The lowest BCUT2D eigenvalue weighted by Crippen LogP contribution is -2.44. The van der Waals surface area contributed by atoms with Crippen molar-refractivity contribution in [2.75, 3.05) is 40.0 Å². The molecule has 0 aromatic heterocycles. The van der Waals surface area contributed by atoms with Crippen LogP contribution < -0.4 is 15.2 Å². The summed E-state index contributed by atoms with van der Waals surface area (Å²) in [6, 6.07) is 5.67. The summed E-state index contributed by atoms with van der Waals surface area (Å²) in [6.07, 6.45) is 0.103. The van der Waals surface area contributed by atoms with Crippen LogP contribution in [0.25, 0.3) is 0 Å². The Bertz CT molecular complexity index is 451. The highest BCUT2D eigenvalue weighted by atomic mass is 16.5. The molecule has 118 valence electrons. The molecule has 0 spiro atoms. The molecule has 0 aliphatic carbocycles. The van der Waals surface area contributed by atoms with Gasteiger partial charge in [-0.05, 0) is 19.5 Å². The van der Waals surface area contributed by atoms with Gasteiger partial charge in [0.15, 0.2) is 0 Å². The molecule has 2 unspecified atom stereocenters. The van der Waals surface area contributed by atoms with Crippen LogP contribution in [0, 0.1) is 0 Å². The third-order valence-electron chi connectivity index (χ3n) is 3.81. The van der Waals surface area contributed by atoms with E-state index >= 15 is 0 Å². The van der Waals surface area contributed by atoms with Crippen molar-refractivity contribution < 1.29 is 14.2 Å². The van der Waals surface area contributed by atoms with Gasteiger partial charge in [-0.25, -0.2) is 0 Å². The SMILES string of the molecule is CCN1CCOC(COc2cc(OC)ccc2C(C)N)C1. The van der Waals surface area contributed by atoms with Crippen molar-refractivity contribution in [3.05, 3.63) is 23.8 Å². The average Bonchev–Trinajstić information content (AvgIpc) is 2.52. The monoisotopic (exact) mass is 294 g/mol. The summed E-state index contributed by atoms with van der Waals surface area (Å²) >= 11 is 0. The summed E-state index contributed by atoms with van der Waals surface area (Å²) in [5.74, 6) is 1.55. The van der Waals surface area contributed by atoms with E-state index in [0.29, 0.717) is 6.61 Å². The lowest BCUT2D eigenvalue weighted by molar-refractivity contribution is -0.0465. The van der Waals surface area contributed by atoms with Crippen molar-refractivity contribution >= 4 is 0 Å². The van der Waals surface area contributed by atoms with E-state index in [0.717, 1.165) is 43.3 Å². The molecule has 0 radical (unpaired) electrons. The highest BCUT2D eigenvalue weighted by Gasteiger charge is 2.20. The minimum absolute atomic E-state index is 0.0784. The van der Waals surface area contributed by atoms with Gasteiger partial charge in [0.05, 0.1) is 13.7 Å². The van der Waals surface area contributed by atoms with Gasteiger partial charge >= 0.3 is 0 Å². The first kappa shape index (κ1) is 16.1. The molecular formula is C16H26N2O3. The summed E-state index contributed by atoms with van der Waals surface area (Å²) < 4.78 is 17.0. The van der Waals surface area contributed by atoms with Crippen molar-refractivity contribution in [3.8, 4) is 11.5 Å². The number of likely N-dealkylation sites (N-methyl/N-ethyl adjacent to an activating group) is 1. The van der Waals surface area contributed by atoms with E-state index in [1.807, 2.05) is 25.1 Å². The molecule has 1 fully saturated rings. The fourth-order valence-electron chi connectivity index (χ4n) is 2.49. The Labute approximate surface area is 127 Å². The maximum absolute atomic E-state index is 6.00. The zero-order valence-corrected chi connectivity index (χ0v) is 13.2. The van der Waals surface area contributed by atoms with Gasteiger partial charge < -0.3 is 19.9 Å². The zero-order valence-electron chi connectivity index (χ0n) is 13.2. The number of nitrogens with zero attached hydrogens (tertiary/aromatic N) is 1. The number of hydrogen-bond acceptors (Lipinski definition) is 5. The molecule has 2 rings (SSSR count). The van der Waals surface area contributed by atoms with Gasteiger partial charge in [0.2, 0.25) is 0 Å². The Hall–Kier alpha value is -1.30. The first-order valence-corrected chi connectivity index (χ1v) is 7.54. The van der Waals surface area contributed by atoms with E-state index in [1.165, 1.54) is 0 Å². The zero-order chi connectivity index (χ0) is 15.2. The number of rotatable bonds is 6. The Morgan fingerprint density at radius 3 is 2.95 bits per heavy atom. The van der Waals surface area contributed by atoms with E-state index in [1.54, 1.807) is 7.11 Å². The number of morpholine rings is 1. The minimum atomic E-state index is -0.0784. The normalized spacial score (nSPS) is 21.0. The van der Waals surface area contributed by atoms with Crippen molar-refractivity contribution in [1.29, 1.82) is 0 Å². The van der Waals surface area contributed by atoms with Gasteiger partial charge in [0.25, 0.3) is 0 Å². The number of ether oxygens (including phenoxy) is 3. The Morgan fingerprint density at radius 2 is 2.29 bits per heavy atom. The van der Waals surface area contributed by atoms with Crippen LogP contribution in [0.2, 0.25) is 0 Å². The molecule has 1 aromatic rings. The van der Waals surface area contributed by atoms with Gasteiger partial charge in [-0.2, -0.15) is 0 Å². The van der Waals surface area contributed by atoms with Crippen LogP contribution in [0.4, 0.5) is 0 Å². The quantitative estimate of drug-likeness (QED) is 0.867. The summed E-state index contributed by atoms with van der Waals surface area (Å²) in [6.45, 7) is 8.36. The van der Waals surface area contributed by atoms with Gasteiger partial charge in [0.1, 0.15) is 24.2 Å². The Kier molecular flexibility index (Phi) is 5.85. The lowest BCUT2D eigenvalue weighted by Gasteiger charge is -2.32. The van der Waals surface area contributed by atoms with Crippen LogP contribution in [-0.2, 0) is 4.74 Å². The fourth-order valence-corrected chi connectivity index (χ4v) is 2.49. The van der Waals surface area contributed by atoms with Crippen LogP contribution in [0.3, 0.4) is 0 Å². The van der Waals surface area contributed by atoms with Gasteiger partial charge in [-0.1, -0.05) is 13.0 Å². The van der Waals surface area contributed by atoms with Crippen LogP contribution in [-0.4, -0.2) is 51.0 Å². The predicted octanol–water partition coefficient (Wildman–Crippen LogP) is 1.81. The lowest BCUT2D eigenvalue weighted by atomic mass is 10.1. The first-order chi connectivity index (χ1) is 10.1. The van der Waals surface area contributed by atoms with Gasteiger partial charge in [0, 0.05) is 30.8 Å². The largest absolute Gasteiger partial charge is 0.497 e. The highest BCUT2D eigenvalue weighted by Crippen LogP contribution is 2.28. The van der Waals surface area contributed by atoms with E-state index in [-0.39, 0.29) is 12.1 Å². The molecule has 0 saturated carbocycles. The second-order valence-corrected chi connectivity index (χ2v) is 5.39. The van der Waals surface area contributed by atoms with E-state index in [2.05, 4.69) is 11.8 Å². The van der Waals surface area contributed by atoms with Crippen LogP contribution in [0.5, 0.6) is 11.5 Å². The second-order valence-electron chi connectivity index (χ2n) is 5.39. The minimum Gasteiger partial charge on any atom is -0.497 e. The summed E-state index contributed by atoms with van der Waals surface area (Å²) in [7, 11) is 1.65. The van der Waals surface area contributed by atoms with Crippen molar-refractivity contribution in [2.45, 2.75) is 26.0 Å². The van der Waals surface area contributed by atoms with Crippen LogP contribution in [0.15, 0.2) is 18.2 Å². The molecule has 0 bridgehead atoms. The molecule has 1 aromatic carbocycles. The molecule has 1 heterocycles. The van der Waals surface area contributed by atoms with Gasteiger partial charge in [-0.15, -0.1) is 0 Å². The second kappa shape index (κ2) is 7.64. The third kappa shape index (κ3) is 4.33. The topological polar surface area (TPSA) is 57.0 Å². The van der Waals surface area contributed by atoms with E-state index in [9.17, 15) is 0 Å². The first-order valence-electron chi connectivity index (χ1n) is 7.54. The molecule has 5 nitrogen and oxygen atoms in total. The molecular weight excluding hydrogens is 268 g/mol. The Morgan fingerprint density at radius 1 is 1.48 bits per heavy atom. The molecule has 21 heavy (non-hydrogen) atoms. The Balaban J connectivity index is 2.01. The molecule has 2 atom stereocenters. The van der Waals surface area contributed by atoms with Crippen LogP contribution >= 0.6 is 0 Å². The third-order valence-corrected chi connectivity index (χ3v) is 3.81. The number of hydrogen-bond donors (Lipinski definition) is 1. The smallest absolute Gasteiger partial charge is 0.127 e. The molecule has 1 aliphatic rings. The molecule has 1 saturated heterocycles. The van der Waals surface area contributed by atoms with E-state index in [4.69, 9.17) is 19.9 Å². The summed E-state index contributed by atoms with van der Waals surface area (Å²) in [5.41, 5.74) is 6.98. The fraction of sp³-hybridized carbons (Fsp3) is 0.625. The van der Waals surface area contributed by atoms with Crippen molar-refractivity contribution in [3.63, 3.8) is 0 Å². The van der Waals surface area contributed by atoms with Crippen LogP contribution in [0.1, 0.15) is 25.5 Å². The van der Waals surface area contributed by atoms with Crippen molar-refractivity contribution in [2.24, 2.45) is 5.73 Å². The van der Waals surface area contributed by atoms with Crippen molar-refractivity contribution in [1.82, 2.24) is 4.90 Å². The molecule has 5 heteroatoms. The molecule has 0 amide bonds. The maximum Gasteiger partial charge on any atom is 0.127 e. The number of nitrogens with two attached hydrogens (primary N) is 1.